The molecule has 0 aromatic rings. The van der Waals surface area contributed by atoms with Gasteiger partial charge in [0.15, 0.2) is 0 Å². The SMILES string of the molecule is CCCCCSCN(C)C. The molecule has 0 rings (SSSR count). The highest BCUT2D eigenvalue weighted by Gasteiger charge is 1.89. The topological polar surface area (TPSA) is 3.24 Å². The molecule has 62 valence electrons. The van der Waals surface area contributed by atoms with Gasteiger partial charge in [0.2, 0.25) is 0 Å². The molecule has 0 spiro atoms. The van der Waals surface area contributed by atoms with E-state index in [1.165, 1.54) is 30.9 Å². The fourth-order valence-electron chi connectivity index (χ4n) is 0.701. The van der Waals surface area contributed by atoms with Crippen LogP contribution in [0.2, 0.25) is 0 Å². The number of hydrogen-bond acceptors (Lipinski definition) is 2. The van der Waals surface area contributed by atoms with Crippen LogP contribution in [0.5, 0.6) is 0 Å². The molecule has 0 aliphatic heterocycles. The minimum absolute atomic E-state index is 1.17. The molecule has 2 heteroatoms. The molecule has 0 saturated heterocycles. The van der Waals surface area contributed by atoms with E-state index in [0.717, 1.165) is 0 Å². The van der Waals surface area contributed by atoms with Crippen LogP contribution in [0.25, 0.3) is 0 Å². The second kappa shape index (κ2) is 7.42. The van der Waals surface area contributed by atoms with Gasteiger partial charge in [-0.15, -0.1) is 11.8 Å². The molecule has 0 fully saturated rings. The van der Waals surface area contributed by atoms with Crippen LogP contribution in [0.4, 0.5) is 0 Å². The highest BCUT2D eigenvalue weighted by molar-refractivity contribution is 7.99. The van der Waals surface area contributed by atoms with Crippen LogP contribution in [0.15, 0.2) is 0 Å². The van der Waals surface area contributed by atoms with Crippen molar-refractivity contribution >= 4 is 11.8 Å². The summed E-state index contributed by atoms with van der Waals surface area (Å²) in [4.78, 5) is 2.22. The first-order chi connectivity index (χ1) is 4.77. The van der Waals surface area contributed by atoms with Crippen molar-refractivity contribution in [3.63, 3.8) is 0 Å². The lowest BCUT2D eigenvalue weighted by atomic mass is 10.3. The maximum atomic E-state index is 2.25. The van der Waals surface area contributed by atoms with Crippen LogP contribution in [-0.4, -0.2) is 30.6 Å². The smallest absolute Gasteiger partial charge is 0.0438 e. The van der Waals surface area contributed by atoms with Crippen molar-refractivity contribution in [3.05, 3.63) is 0 Å². The predicted molar refractivity (Wildman–Crippen MR) is 50.5 cm³/mol. The summed E-state index contributed by atoms with van der Waals surface area (Å²) in [6.45, 7) is 2.25. The summed E-state index contributed by atoms with van der Waals surface area (Å²) < 4.78 is 0. The lowest BCUT2D eigenvalue weighted by Crippen LogP contribution is -2.10. The third kappa shape index (κ3) is 8.31. The Kier molecular flexibility index (Phi) is 7.65. The monoisotopic (exact) mass is 161 g/mol. The summed E-state index contributed by atoms with van der Waals surface area (Å²) >= 11 is 2.03. The normalized spacial score (nSPS) is 10.8. The molecule has 0 N–H and O–H groups in total. The third-order valence-electron chi connectivity index (χ3n) is 1.24. The predicted octanol–water partition coefficient (Wildman–Crippen LogP) is 2.43. The number of hydrogen-bond donors (Lipinski definition) is 0. The highest BCUT2D eigenvalue weighted by atomic mass is 32.2. The first-order valence-corrected chi connectivity index (χ1v) is 5.15. The molecule has 0 amide bonds. The van der Waals surface area contributed by atoms with E-state index < -0.39 is 0 Å². The van der Waals surface area contributed by atoms with E-state index >= 15 is 0 Å². The summed E-state index contributed by atoms with van der Waals surface area (Å²) in [5.41, 5.74) is 0. The minimum atomic E-state index is 1.17. The molecule has 10 heavy (non-hydrogen) atoms. The highest BCUT2D eigenvalue weighted by Crippen LogP contribution is 2.05. The molecule has 0 aromatic carbocycles. The molecule has 0 radical (unpaired) electrons. The first kappa shape index (κ1) is 10.3. The second-order valence-electron chi connectivity index (χ2n) is 2.82. The lowest BCUT2D eigenvalue weighted by Gasteiger charge is -2.07. The summed E-state index contributed by atoms with van der Waals surface area (Å²) in [7, 11) is 4.24. The van der Waals surface area contributed by atoms with Crippen molar-refractivity contribution in [2.45, 2.75) is 26.2 Å². The molecule has 0 aliphatic carbocycles. The van der Waals surface area contributed by atoms with E-state index in [2.05, 4.69) is 25.9 Å². The lowest BCUT2D eigenvalue weighted by molar-refractivity contribution is 0.485. The Morgan fingerprint density at radius 1 is 1.20 bits per heavy atom. The van der Waals surface area contributed by atoms with Gasteiger partial charge in [0.05, 0.1) is 0 Å². The molecule has 1 nitrogen and oxygen atoms in total. The molecule has 0 aliphatic rings. The number of thioether (sulfide) groups is 1. The minimum Gasteiger partial charge on any atom is -0.300 e. The maximum absolute atomic E-state index is 2.25. The van der Waals surface area contributed by atoms with E-state index in [0.29, 0.717) is 0 Å². The van der Waals surface area contributed by atoms with Gasteiger partial charge in [-0.2, -0.15) is 0 Å². The molecular formula is C8H19NS. The van der Waals surface area contributed by atoms with Crippen LogP contribution in [-0.2, 0) is 0 Å². The van der Waals surface area contributed by atoms with Gasteiger partial charge in [0.25, 0.3) is 0 Å². The van der Waals surface area contributed by atoms with Crippen molar-refractivity contribution in [2.75, 3.05) is 25.7 Å². The van der Waals surface area contributed by atoms with Gasteiger partial charge in [-0.25, -0.2) is 0 Å². The number of unbranched alkanes of at least 4 members (excludes halogenated alkanes) is 2. The zero-order valence-corrected chi connectivity index (χ0v) is 8.21. The molecule has 0 heterocycles. The van der Waals surface area contributed by atoms with E-state index in [1.807, 2.05) is 11.8 Å². The van der Waals surface area contributed by atoms with Crippen LogP contribution in [0, 0.1) is 0 Å². The maximum Gasteiger partial charge on any atom is 0.0438 e. The zero-order chi connectivity index (χ0) is 7.82. The van der Waals surface area contributed by atoms with Crippen molar-refractivity contribution in [3.8, 4) is 0 Å². The van der Waals surface area contributed by atoms with Crippen molar-refractivity contribution in [1.82, 2.24) is 4.90 Å². The first-order valence-electron chi connectivity index (χ1n) is 4.00. The molecule has 0 aromatic heterocycles. The van der Waals surface area contributed by atoms with Gasteiger partial charge >= 0.3 is 0 Å². The molecule has 0 atom stereocenters. The summed E-state index contributed by atoms with van der Waals surface area (Å²) in [6.07, 6.45) is 4.11. The Hall–Kier alpha value is 0.310. The fraction of sp³-hybridized carbons (Fsp3) is 1.00. The van der Waals surface area contributed by atoms with Crippen LogP contribution >= 0.6 is 11.8 Å². The summed E-state index contributed by atoms with van der Waals surface area (Å²) in [6, 6.07) is 0. The second-order valence-corrected chi connectivity index (χ2v) is 3.90. The van der Waals surface area contributed by atoms with Gasteiger partial charge in [-0.1, -0.05) is 19.8 Å². The largest absolute Gasteiger partial charge is 0.300 e. The Bertz CT molecular complexity index is 64.3. The average molecular weight is 161 g/mol. The molecular weight excluding hydrogens is 142 g/mol. The summed E-state index contributed by atoms with van der Waals surface area (Å²) in [5, 5.41) is 0. The molecule has 0 saturated carbocycles. The van der Waals surface area contributed by atoms with Gasteiger partial charge < -0.3 is 4.90 Å². The Morgan fingerprint density at radius 2 is 1.90 bits per heavy atom. The van der Waals surface area contributed by atoms with Gasteiger partial charge in [0.1, 0.15) is 0 Å². The molecule has 0 unspecified atom stereocenters. The van der Waals surface area contributed by atoms with Crippen LogP contribution in [0.3, 0.4) is 0 Å². The average Bonchev–Trinajstić information content (AvgIpc) is 1.87. The Balaban J connectivity index is 2.77. The van der Waals surface area contributed by atoms with Crippen molar-refractivity contribution in [1.29, 1.82) is 0 Å². The van der Waals surface area contributed by atoms with Gasteiger partial charge in [-0.3, -0.25) is 0 Å². The van der Waals surface area contributed by atoms with E-state index in [4.69, 9.17) is 0 Å². The van der Waals surface area contributed by atoms with E-state index in [9.17, 15) is 0 Å². The van der Waals surface area contributed by atoms with E-state index in [-0.39, 0.29) is 0 Å². The Morgan fingerprint density at radius 3 is 2.40 bits per heavy atom. The van der Waals surface area contributed by atoms with Crippen LogP contribution < -0.4 is 0 Å². The quantitative estimate of drug-likeness (QED) is 0.435. The summed E-state index contributed by atoms with van der Waals surface area (Å²) in [5.74, 6) is 2.50. The van der Waals surface area contributed by atoms with Crippen molar-refractivity contribution in [2.24, 2.45) is 0 Å². The Labute approximate surface area is 69.2 Å². The fourth-order valence-corrected chi connectivity index (χ4v) is 1.60. The van der Waals surface area contributed by atoms with Gasteiger partial charge in [0, 0.05) is 5.88 Å². The standard InChI is InChI=1S/C8H19NS/c1-4-5-6-7-10-8-9(2)3/h4-8H2,1-3H3. The van der Waals surface area contributed by atoms with Crippen molar-refractivity contribution < 1.29 is 0 Å². The zero-order valence-electron chi connectivity index (χ0n) is 7.39. The van der Waals surface area contributed by atoms with Crippen LogP contribution in [0.1, 0.15) is 26.2 Å². The number of rotatable bonds is 6. The molecule has 0 bridgehead atoms. The third-order valence-corrected chi connectivity index (χ3v) is 2.52. The van der Waals surface area contributed by atoms with E-state index in [1.54, 1.807) is 0 Å². The van der Waals surface area contributed by atoms with Gasteiger partial charge in [-0.05, 0) is 26.3 Å². The number of nitrogens with zero attached hydrogens (tertiary/aromatic N) is 1.